The minimum Gasteiger partial charge on any atom is -0.454 e. The maximum Gasteiger partial charge on any atom is 0.426 e. The van der Waals surface area contributed by atoms with Crippen molar-refractivity contribution < 1.29 is 36.2 Å². The molecule has 3 nitrogen and oxygen atoms in total. The Balaban J connectivity index is 1.76. The zero-order chi connectivity index (χ0) is 24.6. The van der Waals surface area contributed by atoms with Crippen molar-refractivity contribution in [1.29, 1.82) is 0 Å². The van der Waals surface area contributed by atoms with Gasteiger partial charge in [-0.25, -0.2) is 8.78 Å². The molecule has 9 heteroatoms. The van der Waals surface area contributed by atoms with Crippen LogP contribution < -0.4 is 4.74 Å². The fraction of sp³-hybridized carbons (Fsp3) is 0.292. The highest BCUT2D eigenvalue weighted by Gasteiger charge is 2.62. The van der Waals surface area contributed by atoms with E-state index in [9.17, 15) is 26.7 Å². The number of carbonyl (C=O) groups is 1. The summed E-state index contributed by atoms with van der Waals surface area (Å²) in [6, 6.07) is 8.45. The van der Waals surface area contributed by atoms with E-state index in [1.165, 1.54) is 24.3 Å². The van der Waals surface area contributed by atoms with Crippen LogP contribution in [0.15, 0.2) is 53.6 Å². The molecule has 1 fully saturated rings. The predicted octanol–water partition coefficient (Wildman–Crippen LogP) is 6.93. The number of terminal acetylenes is 1. The summed E-state index contributed by atoms with van der Waals surface area (Å²) < 4.78 is 76.3. The lowest BCUT2D eigenvalue weighted by Gasteiger charge is -2.15. The summed E-state index contributed by atoms with van der Waals surface area (Å²) in [5, 5.41) is -1.31. The quantitative estimate of drug-likeness (QED) is 0.253. The van der Waals surface area contributed by atoms with E-state index in [1.54, 1.807) is 13.8 Å². The number of esters is 1. The van der Waals surface area contributed by atoms with Gasteiger partial charge in [-0.3, -0.25) is 4.79 Å². The van der Waals surface area contributed by atoms with Gasteiger partial charge in [-0.2, -0.15) is 13.2 Å². The SMILES string of the molecule is C#CC(OC(=O)[C@@H]1[C@H](/C=C(\Cl)C(F)(F)F)C1(C)C)c1ccc(F)c(Oc2ccc(F)cc2)c1. The first-order chi connectivity index (χ1) is 15.3. The molecular weight excluding hydrogens is 467 g/mol. The number of rotatable bonds is 6. The molecule has 0 heterocycles. The highest BCUT2D eigenvalue weighted by atomic mass is 35.5. The van der Waals surface area contributed by atoms with Crippen LogP contribution in [0.1, 0.15) is 25.5 Å². The molecule has 174 valence electrons. The van der Waals surface area contributed by atoms with Gasteiger partial charge in [0, 0.05) is 5.56 Å². The van der Waals surface area contributed by atoms with Crippen molar-refractivity contribution >= 4 is 17.6 Å². The first kappa shape index (κ1) is 24.6. The van der Waals surface area contributed by atoms with Crippen LogP contribution in [0.5, 0.6) is 11.5 Å². The van der Waals surface area contributed by atoms with Crippen molar-refractivity contribution in [3.05, 3.63) is 70.8 Å². The zero-order valence-corrected chi connectivity index (χ0v) is 18.2. The van der Waals surface area contributed by atoms with Crippen LogP contribution >= 0.6 is 11.6 Å². The second kappa shape index (κ2) is 9.06. The van der Waals surface area contributed by atoms with Crippen molar-refractivity contribution in [2.45, 2.75) is 26.1 Å². The summed E-state index contributed by atoms with van der Waals surface area (Å²) in [7, 11) is 0. The summed E-state index contributed by atoms with van der Waals surface area (Å²) >= 11 is 5.31. The third-order valence-corrected chi connectivity index (χ3v) is 5.79. The fourth-order valence-electron chi connectivity index (χ4n) is 3.47. The molecule has 2 aromatic rings. The number of hydrogen-bond donors (Lipinski definition) is 0. The molecule has 0 aromatic heterocycles. The molecule has 3 rings (SSSR count). The molecule has 3 atom stereocenters. The van der Waals surface area contributed by atoms with Crippen LogP contribution in [0, 0.1) is 41.2 Å². The van der Waals surface area contributed by atoms with Crippen molar-refractivity contribution in [3.63, 3.8) is 0 Å². The van der Waals surface area contributed by atoms with Gasteiger partial charge in [0.1, 0.15) is 16.6 Å². The summed E-state index contributed by atoms with van der Waals surface area (Å²) in [6.07, 6.45) is 0.322. The highest BCUT2D eigenvalue weighted by molar-refractivity contribution is 6.30. The molecule has 1 unspecified atom stereocenters. The Morgan fingerprint density at radius 1 is 1.18 bits per heavy atom. The minimum absolute atomic E-state index is 0.164. The lowest BCUT2D eigenvalue weighted by Crippen LogP contribution is -2.15. The van der Waals surface area contributed by atoms with Gasteiger partial charge in [-0.1, -0.05) is 43.5 Å². The van der Waals surface area contributed by atoms with E-state index >= 15 is 0 Å². The standard InChI is InChI=1S/C24H18ClF5O3/c1-4-18(33-22(31)21-16(23(21,2)3)12-20(25)24(28,29)30)13-5-10-17(27)19(11-13)32-15-8-6-14(26)7-9-15/h1,5-12,16,18,21H,2-3H3/b20-12-/t16-,18?,21-/m0/s1. The number of halogens is 6. The lowest BCUT2D eigenvalue weighted by atomic mass is 10.1. The van der Waals surface area contributed by atoms with E-state index in [-0.39, 0.29) is 17.1 Å². The number of benzene rings is 2. The maximum atomic E-state index is 14.2. The number of carbonyl (C=O) groups excluding carboxylic acids is 1. The molecule has 2 aromatic carbocycles. The van der Waals surface area contributed by atoms with Crippen LogP contribution in [0.4, 0.5) is 22.0 Å². The Labute approximate surface area is 192 Å². The summed E-state index contributed by atoms with van der Waals surface area (Å²) in [6.45, 7) is 3.22. The molecular formula is C24H18ClF5O3. The summed E-state index contributed by atoms with van der Waals surface area (Å²) in [5.74, 6) is -1.52. The Morgan fingerprint density at radius 3 is 2.39 bits per heavy atom. The Hall–Kier alpha value is -3.05. The molecule has 0 radical (unpaired) electrons. The third-order valence-electron chi connectivity index (χ3n) is 5.45. The first-order valence-corrected chi connectivity index (χ1v) is 10.1. The number of hydrogen-bond acceptors (Lipinski definition) is 3. The largest absolute Gasteiger partial charge is 0.454 e. The number of ether oxygens (including phenoxy) is 2. The molecule has 1 saturated carbocycles. The Kier molecular flexibility index (Phi) is 6.75. The lowest BCUT2D eigenvalue weighted by molar-refractivity contribution is -0.149. The van der Waals surface area contributed by atoms with Gasteiger partial charge in [0.2, 0.25) is 0 Å². The zero-order valence-electron chi connectivity index (χ0n) is 17.4. The van der Waals surface area contributed by atoms with Gasteiger partial charge in [0.25, 0.3) is 0 Å². The van der Waals surface area contributed by atoms with E-state index in [2.05, 4.69) is 5.92 Å². The molecule has 0 saturated heterocycles. The molecule has 1 aliphatic rings. The van der Waals surface area contributed by atoms with Crippen LogP contribution in [0.25, 0.3) is 0 Å². The summed E-state index contributed by atoms with van der Waals surface area (Å²) in [5.41, 5.74) is -0.607. The Morgan fingerprint density at radius 2 is 1.82 bits per heavy atom. The van der Waals surface area contributed by atoms with E-state index in [1.807, 2.05) is 0 Å². The van der Waals surface area contributed by atoms with Gasteiger partial charge < -0.3 is 9.47 Å². The highest BCUT2D eigenvalue weighted by Crippen LogP contribution is 2.60. The first-order valence-electron chi connectivity index (χ1n) is 9.68. The topological polar surface area (TPSA) is 35.5 Å². The maximum absolute atomic E-state index is 14.2. The number of allylic oxidation sites excluding steroid dienone is 2. The van der Waals surface area contributed by atoms with Crippen LogP contribution in [-0.2, 0) is 9.53 Å². The van der Waals surface area contributed by atoms with Crippen molar-refractivity contribution in [3.8, 4) is 23.8 Å². The van der Waals surface area contributed by atoms with Gasteiger partial charge in [-0.15, -0.1) is 6.42 Å². The van der Waals surface area contributed by atoms with E-state index < -0.39 is 52.2 Å². The molecule has 0 bridgehead atoms. The van der Waals surface area contributed by atoms with Crippen molar-refractivity contribution in [2.24, 2.45) is 17.3 Å². The smallest absolute Gasteiger partial charge is 0.426 e. The molecule has 0 N–H and O–H groups in total. The van der Waals surface area contributed by atoms with Gasteiger partial charge in [0.05, 0.1) is 5.92 Å². The summed E-state index contributed by atoms with van der Waals surface area (Å²) in [4.78, 5) is 12.7. The molecule has 0 aliphatic heterocycles. The van der Waals surface area contributed by atoms with Crippen LogP contribution in [0.3, 0.4) is 0 Å². The van der Waals surface area contributed by atoms with Crippen LogP contribution in [-0.4, -0.2) is 12.1 Å². The minimum atomic E-state index is -4.72. The number of alkyl halides is 3. The van der Waals surface area contributed by atoms with Gasteiger partial charge >= 0.3 is 12.1 Å². The van der Waals surface area contributed by atoms with E-state index in [0.29, 0.717) is 0 Å². The molecule has 0 amide bonds. The van der Waals surface area contributed by atoms with E-state index in [4.69, 9.17) is 27.5 Å². The van der Waals surface area contributed by atoms with Gasteiger partial charge in [-0.05, 0) is 47.7 Å². The van der Waals surface area contributed by atoms with Crippen LogP contribution in [0.2, 0.25) is 0 Å². The van der Waals surface area contributed by atoms with E-state index in [0.717, 1.165) is 24.3 Å². The Bertz CT molecular complexity index is 1120. The average molecular weight is 485 g/mol. The molecule has 1 aliphatic carbocycles. The van der Waals surface area contributed by atoms with Gasteiger partial charge in [0.15, 0.2) is 17.7 Å². The predicted molar refractivity (Wildman–Crippen MR) is 111 cm³/mol. The fourth-order valence-corrected chi connectivity index (χ4v) is 3.61. The van der Waals surface area contributed by atoms with Crippen molar-refractivity contribution in [1.82, 2.24) is 0 Å². The average Bonchev–Trinajstić information content (AvgIpc) is 3.28. The normalized spacial score (nSPS) is 20.5. The third kappa shape index (κ3) is 5.48. The second-order valence-corrected chi connectivity index (χ2v) is 8.47. The van der Waals surface area contributed by atoms with Crippen molar-refractivity contribution in [2.75, 3.05) is 0 Å². The second-order valence-electron chi connectivity index (χ2n) is 8.07. The monoisotopic (exact) mass is 484 g/mol. The molecule has 0 spiro atoms. The molecule has 33 heavy (non-hydrogen) atoms.